The molecule has 0 unspecified atom stereocenters. The van der Waals surface area contributed by atoms with Crippen LogP contribution in [0.25, 0.3) is 10.8 Å². The highest BCUT2D eigenvalue weighted by atomic mass is 35.6. The van der Waals surface area contributed by atoms with E-state index in [0.717, 1.165) is 16.3 Å². The number of hydrogen-bond donors (Lipinski definition) is 0. The number of alkyl halides is 5. The third-order valence-electron chi connectivity index (χ3n) is 2.95. The van der Waals surface area contributed by atoms with Crippen LogP contribution in [0.5, 0.6) is 0 Å². The molecule has 0 heterocycles. The Morgan fingerprint density at radius 3 is 2.11 bits per heavy atom. The van der Waals surface area contributed by atoms with Crippen LogP contribution in [-0.4, -0.2) is 3.79 Å². The van der Waals surface area contributed by atoms with Gasteiger partial charge in [-0.1, -0.05) is 101 Å². The van der Waals surface area contributed by atoms with Gasteiger partial charge >= 0.3 is 0 Å². The van der Waals surface area contributed by atoms with Gasteiger partial charge in [0.2, 0.25) is 3.79 Å². The number of benzene rings is 2. The molecule has 0 aliphatic carbocycles. The molecule has 0 amide bonds. The molecular weight excluding hydrogens is 345 g/mol. The maximum atomic E-state index is 6.27. The Morgan fingerprint density at radius 2 is 1.53 bits per heavy atom. The van der Waals surface area contributed by atoms with Crippen LogP contribution in [0.1, 0.15) is 18.1 Å². The summed E-state index contributed by atoms with van der Waals surface area (Å²) < 4.78 is -3.44. The van der Waals surface area contributed by atoms with Crippen LogP contribution in [0.4, 0.5) is 0 Å². The van der Waals surface area contributed by atoms with Crippen LogP contribution in [0.3, 0.4) is 0 Å². The Morgan fingerprint density at radius 1 is 0.895 bits per heavy atom. The molecule has 0 spiro atoms. The minimum absolute atomic E-state index is 0.581. The molecule has 0 aliphatic heterocycles. The SMILES string of the molecule is C[CH]c1c(C(Cl)(Cl)C(Cl)(Cl)Cl)ccc2ccccc12. The lowest BCUT2D eigenvalue weighted by atomic mass is 9.95. The average molecular weight is 355 g/mol. The van der Waals surface area contributed by atoms with Crippen molar-refractivity contribution in [2.24, 2.45) is 0 Å². The summed E-state index contributed by atoms with van der Waals surface area (Å²) in [5.74, 6) is 0. The first kappa shape index (κ1) is 15.5. The van der Waals surface area contributed by atoms with Crippen LogP contribution < -0.4 is 0 Å². The van der Waals surface area contributed by atoms with E-state index in [9.17, 15) is 0 Å². The van der Waals surface area contributed by atoms with Crippen molar-refractivity contribution in [2.75, 3.05) is 0 Å². The van der Waals surface area contributed by atoms with Crippen molar-refractivity contribution in [2.45, 2.75) is 15.0 Å². The fourth-order valence-corrected chi connectivity index (χ4v) is 2.67. The highest BCUT2D eigenvalue weighted by molar-refractivity contribution is 6.75. The Hall–Kier alpha value is 0.150. The van der Waals surface area contributed by atoms with Crippen molar-refractivity contribution >= 4 is 68.8 Å². The second kappa shape index (κ2) is 5.50. The minimum atomic E-state index is -1.82. The van der Waals surface area contributed by atoms with E-state index in [2.05, 4.69) is 0 Å². The zero-order chi connectivity index (χ0) is 14.3. The van der Waals surface area contributed by atoms with Crippen LogP contribution in [0, 0.1) is 6.42 Å². The third kappa shape index (κ3) is 2.80. The van der Waals surface area contributed by atoms with Crippen molar-refractivity contribution in [3.8, 4) is 0 Å². The van der Waals surface area contributed by atoms with Gasteiger partial charge in [0.1, 0.15) is 0 Å². The predicted molar refractivity (Wildman–Crippen MR) is 86.7 cm³/mol. The van der Waals surface area contributed by atoms with Crippen molar-refractivity contribution < 1.29 is 0 Å². The lowest BCUT2D eigenvalue weighted by Crippen LogP contribution is -2.29. The highest BCUT2D eigenvalue weighted by Gasteiger charge is 2.48. The van der Waals surface area contributed by atoms with E-state index in [1.54, 1.807) is 6.07 Å². The molecule has 5 heteroatoms. The van der Waals surface area contributed by atoms with E-state index < -0.39 is 8.13 Å². The summed E-state index contributed by atoms with van der Waals surface area (Å²) in [7, 11) is 0. The summed E-state index contributed by atoms with van der Waals surface area (Å²) in [6.45, 7) is 1.90. The van der Waals surface area contributed by atoms with Crippen LogP contribution in [0.2, 0.25) is 0 Å². The topological polar surface area (TPSA) is 0 Å². The summed E-state index contributed by atoms with van der Waals surface area (Å²) >= 11 is 30.2. The Bertz CT molecular complexity index is 598. The van der Waals surface area contributed by atoms with E-state index in [0.29, 0.717) is 5.56 Å². The molecule has 2 aromatic carbocycles. The maximum Gasteiger partial charge on any atom is 0.227 e. The van der Waals surface area contributed by atoms with Crippen LogP contribution in [0.15, 0.2) is 36.4 Å². The second-order valence-electron chi connectivity index (χ2n) is 4.11. The van der Waals surface area contributed by atoms with E-state index in [-0.39, 0.29) is 0 Å². The monoisotopic (exact) mass is 353 g/mol. The van der Waals surface area contributed by atoms with E-state index in [4.69, 9.17) is 58.0 Å². The Balaban J connectivity index is 2.75. The van der Waals surface area contributed by atoms with Gasteiger partial charge in [-0.2, -0.15) is 0 Å². The number of hydrogen-bond acceptors (Lipinski definition) is 0. The summed E-state index contributed by atoms with van der Waals surface area (Å²) in [4.78, 5) is 0. The van der Waals surface area contributed by atoms with Gasteiger partial charge in [-0.3, -0.25) is 0 Å². The van der Waals surface area contributed by atoms with E-state index in [1.807, 2.05) is 43.7 Å². The average Bonchev–Trinajstić information content (AvgIpc) is 2.35. The van der Waals surface area contributed by atoms with Gasteiger partial charge in [-0.05, 0) is 28.3 Å². The largest absolute Gasteiger partial charge is 0.227 e. The number of fused-ring (bicyclic) bond motifs is 1. The van der Waals surface area contributed by atoms with Gasteiger partial charge in [0.25, 0.3) is 0 Å². The van der Waals surface area contributed by atoms with Gasteiger partial charge in [0, 0.05) is 0 Å². The number of halogens is 5. The van der Waals surface area contributed by atoms with Crippen molar-refractivity contribution in [1.29, 1.82) is 0 Å². The molecule has 19 heavy (non-hydrogen) atoms. The standard InChI is InChI=1S/C14H10Cl5/c1-2-10-11-6-4-3-5-9(11)7-8-12(10)13(15,16)14(17,18)19/h2-8H,1H3. The summed E-state index contributed by atoms with van der Waals surface area (Å²) in [5, 5.41) is 2.09. The zero-order valence-corrected chi connectivity index (χ0v) is 13.7. The molecule has 0 nitrogen and oxygen atoms in total. The molecule has 2 rings (SSSR count). The molecule has 0 N–H and O–H groups in total. The second-order valence-corrected chi connectivity index (χ2v) is 7.72. The maximum absolute atomic E-state index is 6.27. The smallest absolute Gasteiger partial charge is 0.0915 e. The first-order valence-corrected chi connectivity index (χ1v) is 7.44. The summed E-state index contributed by atoms with van der Waals surface area (Å²) in [6.07, 6.45) is 1.91. The molecule has 0 atom stereocenters. The van der Waals surface area contributed by atoms with Gasteiger partial charge in [-0.15, -0.1) is 0 Å². The quantitative estimate of drug-likeness (QED) is 0.546. The molecule has 0 aliphatic rings. The molecular formula is C14H10Cl5. The van der Waals surface area contributed by atoms with Crippen LogP contribution >= 0.6 is 58.0 Å². The molecule has 0 saturated carbocycles. The zero-order valence-electron chi connectivity index (χ0n) is 9.93. The molecule has 0 saturated heterocycles. The van der Waals surface area contributed by atoms with Crippen molar-refractivity contribution in [1.82, 2.24) is 0 Å². The van der Waals surface area contributed by atoms with Gasteiger partial charge in [-0.25, -0.2) is 0 Å². The molecule has 2 aromatic rings. The van der Waals surface area contributed by atoms with Gasteiger partial charge in [0.15, 0.2) is 4.33 Å². The normalized spacial score (nSPS) is 12.9. The Kier molecular flexibility index (Phi) is 4.50. The number of rotatable bonds is 2. The highest BCUT2D eigenvalue weighted by Crippen LogP contribution is 2.54. The Labute approximate surface area is 137 Å². The fraction of sp³-hybridized carbons (Fsp3) is 0.214. The molecule has 101 valence electrons. The fourth-order valence-electron chi connectivity index (χ4n) is 2.03. The van der Waals surface area contributed by atoms with Gasteiger partial charge < -0.3 is 0 Å². The van der Waals surface area contributed by atoms with Crippen LogP contribution in [-0.2, 0) is 4.33 Å². The van der Waals surface area contributed by atoms with Gasteiger partial charge in [0.05, 0.1) is 0 Å². The molecule has 0 aromatic heterocycles. The predicted octanol–water partition coefficient (Wildman–Crippen LogP) is 6.41. The third-order valence-corrected chi connectivity index (χ3v) is 5.36. The lowest BCUT2D eigenvalue weighted by molar-refractivity contribution is 0.872. The van der Waals surface area contributed by atoms with Crippen molar-refractivity contribution in [3.63, 3.8) is 0 Å². The molecule has 0 fully saturated rings. The minimum Gasteiger partial charge on any atom is -0.0915 e. The molecule has 0 bridgehead atoms. The van der Waals surface area contributed by atoms with E-state index in [1.165, 1.54) is 0 Å². The summed E-state index contributed by atoms with van der Waals surface area (Å²) in [5.41, 5.74) is 1.45. The van der Waals surface area contributed by atoms with Crippen molar-refractivity contribution in [3.05, 3.63) is 53.9 Å². The first-order chi connectivity index (χ1) is 8.79. The molecule has 1 radical (unpaired) electrons. The summed E-state index contributed by atoms with van der Waals surface area (Å²) in [6, 6.07) is 11.6. The van der Waals surface area contributed by atoms with E-state index >= 15 is 0 Å². The first-order valence-electron chi connectivity index (χ1n) is 5.55. The lowest BCUT2D eigenvalue weighted by Gasteiger charge is -2.30.